The Morgan fingerprint density at radius 3 is 2.87 bits per heavy atom. The van der Waals surface area contributed by atoms with Crippen molar-refractivity contribution < 1.29 is 0 Å². The summed E-state index contributed by atoms with van der Waals surface area (Å²) in [7, 11) is 0. The van der Waals surface area contributed by atoms with Crippen LogP contribution in [0.3, 0.4) is 0 Å². The minimum absolute atomic E-state index is 0.434. The van der Waals surface area contributed by atoms with Gasteiger partial charge in [0.1, 0.15) is 0 Å². The van der Waals surface area contributed by atoms with Crippen LogP contribution in [-0.4, -0.2) is 4.98 Å². The molecule has 0 aromatic carbocycles. The molecule has 3 heteroatoms. The van der Waals surface area contributed by atoms with Crippen molar-refractivity contribution >= 4 is 11.3 Å². The fourth-order valence-corrected chi connectivity index (χ4v) is 2.12. The van der Waals surface area contributed by atoms with Gasteiger partial charge in [-0.25, -0.2) is 0 Å². The smallest absolute Gasteiger partial charge is 0.0805 e. The first kappa shape index (κ1) is 9.88. The molecule has 2 nitrogen and oxygen atoms in total. The predicted molar refractivity (Wildman–Crippen MR) is 61.6 cm³/mol. The monoisotopic (exact) mass is 214 g/mol. The maximum Gasteiger partial charge on any atom is 0.0805 e. The molecule has 2 aromatic rings. The fraction of sp³-hybridized carbons (Fsp3) is 0.167. The number of hydrogen-bond donors (Lipinski definition) is 0. The fourth-order valence-electron chi connectivity index (χ4n) is 1.42. The second-order valence-corrected chi connectivity index (χ2v) is 4.20. The van der Waals surface area contributed by atoms with E-state index in [0.29, 0.717) is 6.42 Å². The lowest BCUT2D eigenvalue weighted by Crippen LogP contribution is -1.92. The van der Waals surface area contributed by atoms with Gasteiger partial charge in [0.25, 0.3) is 0 Å². The molecule has 0 aliphatic heterocycles. The first-order chi connectivity index (χ1) is 7.31. The van der Waals surface area contributed by atoms with E-state index in [9.17, 15) is 0 Å². The molecular weight excluding hydrogens is 204 g/mol. The summed E-state index contributed by atoms with van der Waals surface area (Å²) >= 11 is 1.68. The van der Waals surface area contributed by atoms with Crippen LogP contribution in [0, 0.1) is 18.3 Å². The van der Waals surface area contributed by atoms with E-state index in [4.69, 9.17) is 5.26 Å². The molecule has 0 unspecified atom stereocenters. The van der Waals surface area contributed by atoms with Gasteiger partial charge in [-0.15, -0.1) is 11.3 Å². The second-order valence-electron chi connectivity index (χ2n) is 3.25. The number of pyridine rings is 1. The Balaban J connectivity index is 2.39. The quantitative estimate of drug-likeness (QED) is 0.769. The van der Waals surface area contributed by atoms with Crippen LogP contribution in [0.25, 0.3) is 10.6 Å². The Morgan fingerprint density at radius 1 is 1.40 bits per heavy atom. The summed E-state index contributed by atoms with van der Waals surface area (Å²) in [6.07, 6.45) is 0.434. The molecule has 0 spiro atoms. The van der Waals surface area contributed by atoms with Gasteiger partial charge in [0, 0.05) is 5.69 Å². The highest BCUT2D eigenvalue weighted by Gasteiger charge is 2.03. The summed E-state index contributed by atoms with van der Waals surface area (Å²) in [6, 6.07) is 10.2. The molecule has 0 fully saturated rings. The second kappa shape index (κ2) is 4.24. The highest BCUT2D eigenvalue weighted by atomic mass is 32.1. The van der Waals surface area contributed by atoms with Crippen molar-refractivity contribution in [2.45, 2.75) is 13.3 Å². The van der Waals surface area contributed by atoms with E-state index in [1.54, 1.807) is 11.3 Å². The van der Waals surface area contributed by atoms with E-state index >= 15 is 0 Å². The van der Waals surface area contributed by atoms with Crippen molar-refractivity contribution in [3.8, 4) is 16.6 Å². The summed E-state index contributed by atoms with van der Waals surface area (Å²) < 4.78 is 0. The lowest BCUT2D eigenvalue weighted by Gasteiger charge is -2.03. The maximum absolute atomic E-state index is 8.62. The van der Waals surface area contributed by atoms with E-state index in [0.717, 1.165) is 17.0 Å². The van der Waals surface area contributed by atoms with Crippen LogP contribution in [-0.2, 0) is 6.42 Å². The molecule has 0 radical (unpaired) electrons. The summed E-state index contributed by atoms with van der Waals surface area (Å²) in [4.78, 5) is 5.66. The number of hydrogen-bond acceptors (Lipinski definition) is 3. The van der Waals surface area contributed by atoms with E-state index in [-0.39, 0.29) is 0 Å². The van der Waals surface area contributed by atoms with Crippen LogP contribution in [0.4, 0.5) is 0 Å². The Hall–Kier alpha value is -1.66. The van der Waals surface area contributed by atoms with Gasteiger partial charge in [0.2, 0.25) is 0 Å². The molecule has 0 aliphatic rings. The first-order valence-corrected chi connectivity index (χ1v) is 5.56. The average Bonchev–Trinajstić information content (AvgIpc) is 2.74. The largest absolute Gasteiger partial charge is 0.252 e. The Kier molecular flexibility index (Phi) is 2.79. The molecule has 0 amide bonds. The first-order valence-electron chi connectivity index (χ1n) is 4.68. The van der Waals surface area contributed by atoms with E-state index < -0.39 is 0 Å². The van der Waals surface area contributed by atoms with Crippen LogP contribution < -0.4 is 0 Å². The molecule has 0 saturated heterocycles. The zero-order chi connectivity index (χ0) is 10.7. The number of rotatable bonds is 2. The predicted octanol–water partition coefficient (Wildman–Crippen LogP) is 3.18. The third-order valence-electron chi connectivity index (χ3n) is 2.24. The van der Waals surface area contributed by atoms with Crippen LogP contribution in [0.15, 0.2) is 29.6 Å². The molecule has 2 heterocycles. The van der Waals surface area contributed by atoms with E-state index in [1.165, 1.54) is 4.88 Å². The standard InChI is InChI=1S/C12H10N2S/c1-9-10(6-7-13)4-5-11(14-9)12-3-2-8-15-12/h2-5,8H,6H2,1H3. The number of aromatic nitrogens is 1. The van der Waals surface area contributed by atoms with Crippen LogP contribution >= 0.6 is 11.3 Å². The summed E-state index contributed by atoms with van der Waals surface area (Å²) in [5, 5.41) is 10.7. The van der Waals surface area contributed by atoms with Crippen molar-refractivity contribution in [3.63, 3.8) is 0 Å². The van der Waals surface area contributed by atoms with Crippen LogP contribution in [0.5, 0.6) is 0 Å². The van der Waals surface area contributed by atoms with Gasteiger partial charge in [0.05, 0.1) is 23.1 Å². The number of thiophene rings is 1. The van der Waals surface area contributed by atoms with Crippen molar-refractivity contribution in [2.75, 3.05) is 0 Å². The Labute approximate surface area is 92.8 Å². The maximum atomic E-state index is 8.62. The number of nitrogens with zero attached hydrogens (tertiary/aromatic N) is 2. The van der Waals surface area contributed by atoms with Crippen LogP contribution in [0.1, 0.15) is 11.3 Å². The molecule has 0 atom stereocenters. The van der Waals surface area contributed by atoms with Gasteiger partial charge < -0.3 is 0 Å². The highest BCUT2D eigenvalue weighted by Crippen LogP contribution is 2.23. The number of aryl methyl sites for hydroxylation is 1. The lowest BCUT2D eigenvalue weighted by molar-refractivity contribution is 1.11. The third-order valence-corrected chi connectivity index (χ3v) is 3.13. The normalized spacial score (nSPS) is 9.87. The van der Waals surface area contributed by atoms with Gasteiger partial charge in [-0.05, 0) is 30.0 Å². The molecule has 0 aliphatic carbocycles. The average molecular weight is 214 g/mol. The Morgan fingerprint density at radius 2 is 2.27 bits per heavy atom. The van der Waals surface area contributed by atoms with Gasteiger partial charge in [0.15, 0.2) is 0 Å². The SMILES string of the molecule is Cc1nc(-c2cccs2)ccc1CC#N. The lowest BCUT2D eigenvalue weighted by atomic mass is 10.1. The topological polar surface area (TPSA) is 36.7 Å². The zero-order valence-corrected chi connectivity index (χ0v) is 9.21. The van der Waals surface area contributed by atoms with Crippen molar-refractivity contribution in [2.24, 2.45) is 0 Å². The number of nitriles is 1. The molecule has 2 aromatic heterocycles. The van der Waals surface area contributed by atoms with Crippen molar-refractivity contribution in [1.29, 1.82) is 5.26 Å². The Bertz CT molecular complexity index is 495. The van der Waals surface area contributed by atoms with E-state index in [2.05, 4.69) is 17.1 Å². The van der Waals surface area contributed by atoms with Crippen molar-refractivity contribution in [1.82, 2.24) is 4.98 Å². The minimum atomic E-state index is 0.434. The molecule has 0 N–H and O–H groups in total. The third kappa shape index (κ3) is 2.05. The molecule has 0 bridgehead atoms. The summed E-state index contributed by atoms with van der Waals surface area (Å²) in [6.45, 7) is 1.95. The van der Waals surface area contributed by atoms with Gasteiger partial charge in [-0.3, -0.25) is 4.98 Å². The van der Waals surface area contributed by atoms with Crippen LogP contribution in [0.2, 0.25) is 0 Å². The van der Waals surface area contributed by atoms with Crippen molar-refractivity contribution in [3.05, 3.63) is 40.9 Å². The zero-order valence-electron chi connectivity index (χ0n) is 8.40. The molecule has 2 rings (SSSR count). The van der Waals surface area contributed by atoms with Gasteiger partial charge in [-0.2, -0.15) is 5.26 Å². The molecule has 0 saturated carbocycles. The van der Waals surface area contributed by atoms with Gasteiger partial charge in [-0.1, -0.05) is 12.1 Å². The van der Waals surface area contributed by atoms with Gasteiger partial charge >= 0.3 is 0 Å². The minimum Gasteiger partial charge on any atom is -0.252 e. The van der Waals surface area contributed by atoms with E-state index in [1.807, 2.05) is 30.5 Å². The summed E-state index contributed by atoms with van der Waals surface area (Å²) in [5.41, 5.74) is 2.95. The molecule has 15 heavy (non-hydrogen) atoms. The molecular formula is C12H10N2S. The molecule has 74 valence electrons. The highest BCUT2D eigenvalue weighted by molar-refractivity contribution is 7.13. The summed E-state index contributed by atoms with van der Waals surface area (Å²) in [5.74, 6) is 0.